The van der Waals surface area contributed by atoms with Crippen LogP contribution in [-0.2, 0) is 4.79 Å². The van der Waals surface area contributed by atoms with E-state index in [1.54, 1.807) is 7.11 Å². The Labute approximate surface area is 101 Å². The first-order chi connectivity index (χ1) is 8.02. The molecule has 1 fully saturated rings. The third-order valence-electron chi connectivity index (χ3n) is 2.90. The maximum atomic E-state index is 12.0. The zero-order valence-electron chi connectivity index (χ0n) is 10.4. The van der Waals surface area contributed by atoms with E-state index >= 15 is 0 Å². The van der Waals surface area contributed by atoms with Crippen molar-refractivity contribution in [3.63, 3.8) is 0 Å². The Kier molecular flexibility index (Phi) is 3.07. The molecule has 4 nitrogen and oxygen atoms in total. The van der Waals surface area contributed by atoms with Gasteiger partial charge >= 0.3 is 0 Å². The van der Waals surface area contributed by atoms with Crippen molar-refractivity contribution in [2.24, 2.45) is 0 Å². The van der Waals surface area contributed by atoms with Crippen LogP contribution in [0.25, 0.3) is 0 Å². The quantitative estimate of drug-likeness (QED) is 0.809. The molecule has 1 heterocycles. The Balaban J connectivity index is 2.20. The first kappa shape index (κ1) is 11.9. The highest BCUT2D eigenvalue weighted by Gasteiger charge is 2.32. The van der Waals surface area contributed by atoms with Crippen molar-refractivity contribution in [1.82, 2.24) is 10.6 Å². The number of amides is 1. The molecule has 0 radical (unpaired) electrons. The van der Waals surface area contributed by atoms with Crippen LogP contribution in [0, 0.1) is 0 Å². The first-order valence-electron chi connectivity index (χ1n) is 5.71. The van der Waals surface area contributed by atoms with E-state index in [4.69, 9.17) is 4.74 Å². The molecule has 17 heavy (non-hydrogen) atoms. The summed E-state index contributed by atoms with van der Waals surface area (Å²) in [6.45, 7) is 4.75. The van der Waals surface area contributed by atoms with Crippen LogP contribution in [0.4, 0.5) is 0 Å². The fourth-order valence-electron chi connectivity index (χ4n) is 1.99. The van der Waals surface area contributed by atoms with E-state index in [0.29, 0.717) is 0 Å². The van der Waals surface area contributed by atoms with Crippen LogP contribution >= 0.6 is 0 Å². The Morgan fingerprint density at radius 3 is 2.82 bits per heavy atom. The lowest BCUT2D eigenvalue weighted by molar-refractivity contribution is -0.126. The Morgan fingerprint density at radius 2 is 2.18 bits per heavy atom. The van der Waals surface area contributed by atoms with Gasteiger partial charge in [0.25, 0.3) is 0 Å². The van der Waals surface area contributed by atoms with Crippen LogP contribution in [0.2, 0.25) is 0 Å². The van der Waals surface area contributed by atoms with Crippen molar-refractivity contribution < 1.29 is 9.53 Å². The number of rotatable bonds is 2. The minimum atomic E-state index is -0.293. The van der Waals surface area contributed by atoms with E-state index in [2.05, 4.69) is 10.6 Å². The molecule has 1 amide bonds. The van der Waals surface area contributed by atoms with E-state index in [-0.39, 0.29) is 17.5 Å². The SMILES string of the molecule is COc1cccc(C2NCC(C)(C)NC2=O)c1. The predicted molar refractivity (Wildman–Crippen MR) is 66.0 cm³/mol. The van der Waals surface area contributed by atoms with Crippen molar-refractivity contribution in [3.05, 3.63) is 29.8 Å². The third kappa shape index (κ3) is 2.58. The molecule has 1 aromatic carbocycles. The lowest BCUT2D eigenvalue weighted by Gasteiger charge is -2.36. The molecule has 0 bridgehead atoms. The van der Waals surface area contributed by atoms with E-state index in [0.717, 1.165) is 17.9 Å². The molecular formula is C13H18N2O2. The highest BCUT2D eigenvalue weighted by atomic mass is 16.5. The lowest BCUT2D eigenvalue weighted by atomic mass is 9.96. The van der Waals surface area contributed by atoms with Crippen LogP contribution in [-0.4, -0.2) is 25.1 Å². The van der Waals surface area contributed by atoms with Crippen LogP contribution in [0.1, 0.15) is 25.5 Å². The number of hydrogen-bond donors (Lipinski definition) is 2. The number of methoxy groups -OCH3 is 1. The van der Waals surface area contributed by atoms with Gasteiger partial charge in [0.15, 0.2) is 0 Å². The van der Waals surface area contributed by atoms with Crippen molar-refractivity contribution in [3.8, 4) is 5.75 Å². The van der Waals surface area contributed by atoms with Crippen molar-refractivity contribution in [1.29, 1.82) is 0 Å². The Hall–Kier alpha value is -1.55. The molecule has 1 aliphatic heterocycles. The second-order valence-electron chi connectivity index (χ2n) is 4.96. The average Bonchev–Trinajstić information content (AvgIpc) is 2.28. The molecule has 2 N–H and O–H groups in total. The first-order valence-corrected chi connectivity index (χ1v) is 5.71. The average molecular weight is 234 g/mol. The fraction of sp³-hybridized carbons (Fsp3) is 0.462. The van der Waals surface area contributed by atoms with Crippen LogP contribution < -0.4 is 15.4 Å². The molecule has 92 valence electrons. The predicted octanol–water partition coefficient (Wildman–Crippen LogP) is 1.23. The van der Waals surface area contributed by atoms with Crippen LogP contribution in [0.3, 0.4) is 0 Å². The Morgan fingerprint density at radius 1 is 1.41 bits per heavy atom. The van der Waals surface area contributed by atoms with E-state index in [9.17, 15) is 4.79 Å². The number of ether oxygens (including phenoxy) is 1. The largest absolute Gasteiger partial charge is 0.497 e. The minimum absolute atomic E-state index is 0.00880. The minimum Gasteiger partial charge on any atom is -0.497 e. The van der Waals surface area contributed by atoms with Gasteiger partial charge in [-0.2, -0.15) is 0 Å². The highest BCUT2D eigenvalue weighted by Crippen LogP contribution is 2.22. The summed E-state index contributed by atoms with van der Waals surface area (Å²) >= 11 is 0. The molecule has 0 aliphatic carbocycles. The molecule has 1 aromatic rings. The van der Waals surface area contributed by atoms with Gasteiger partial charge in [-0.25, -0.2) is 0 Å². The van der Waals surface area contributed by atoms with Gasteiger partial charge in [0, 0.05) is 12.1 Å². The van der Waals surface area contributed by atoms with Gasteiger partial charge in [-0.15, -0.1) is 0 Å². The van der Waals surface area contributed by atoms with Crippen LogP contribution in [0.15, 0.2) is 24.3 Å². The summed E-state index contributed by atoms with van der Waals surface area (Å²) in [6, 6.07) is 7.28. The Bertz CT molecular complexity index is 429. The smallest absolute Gasteiger partial charge is 0.242 e. The second-order valence-corrected chi connectivity index (χ2v) is 4.96. The second kappa shape index (κ2) is 4.37. The van der Waals surface area contributed by atoms with Crippen LogP contribution in [0.5, 0.6) is 5.75 Å². The van der Waals surface area contributed by atoms with Crippen molar-refractivity contribution in [2.45, 2.75) is 25.4 Å². The highest BCUT2D eigenvalue weighted by molar-refractivity contribution is 5.84. The fourth-order valence-corrected chi connectivity index (χ4v) is 1.99. The summed E-state index contributed by atoms with van der Waals surface area (Å²) in [5, 5.41) is 6.26. The molecule has 1 saturated heterocycles. The molecule has 1 aliphatic rings. The van der Waals surface area contributed by atoms with Gasteiger partial charge in [0.05, 0.1) is 7.11 Å². The van der Waals surface area contributed by atoms with Crippen molar-refractivity contribution in [2.75, 3.05) is 13.7 Å². The third-order valence-corrected chi connectivity index (χ3v) is 2.90. The number of carbonyl (C=O) groups excluding carboxylic acids is 1. The summed E-state index contributed by atoms with van der Waals surface area (Å²) in [5.74, 6) is 0.774. The van der Waals surface area contributed by atoms with Gasteiger partial charge in [0.1, 0.15) is 11.8 Å². The summed E-state index contributed by atoms with van der Waals surface area (Å²) in [4.78, 5) is 12.0. The van der Waals surface area contributed by atoms with E-state index in [1.165, 1.54) is 0 Å². The molecule has 0 saturated carbocycles. The molecule has 1 unspecified atom stereocenters. The maximum Gasteiger partial charge on any atom is 0.242 e. The standard InChI is InChI=1S/C13H18N2O2/c1-13(2)8-14-11(12(16)15-13)9-5-4-6-10(7-9)17-3/h4-7,11,14H,8H2,1-3H3,(H,15,16). The van der Waals surface area contributed by atoms with Gasteiger partial charge in [-0.05, 0) is 31.5 Å². The molecule has 0 spiro atoms. The number of nitrogens with one attached hydrogen (secondary N) is 2. The zero-order valence-corrected chi connectivity index (χ0v) is 10.4. The molecule has 1 atom stereocenters. The number of carbonyl (C=O) groups is 1. The maximum absolute atomic E-state index is 12.0. The summed E-state index contributed by atoms with van der Waals surface area (Å²) in [6.07, 6.45) is 0. The number of benzene rings is 1. The molecule has 0 aromatic heterocycles. The topological polar surface area (TPSA) is 50.4 Å². The van der Waals surface area contributed by atoms with Crippen molar-refractivity contribution >= 4 is 5.91 Å². The van der Waals surface area contributed by atoms with Gasteiger partial charge in [0.2, 0.25) is 5.91 Å². The number of hydrogen-bond acceptors (Lipinski definition) is 3. The van der Waals surface area contributed by atoms with Gasteiger partial charge in [-0.3, -0.25) is 10.1 Å². The normalized spacial score (nSPS) is 23.0. The zero-order chi connectivity index (χ0) is 12.5. The van der Waals surface area contributed by atoms with Gasteiger partial charge in [-0.1, -0.05) is 12.1 Å². The molecule has 2 rings (SSSR count). The lowest BCUT2D eigenvalue weighted by Crippen LogP contribution is -2.59. The molecular weight excluding hydrogens is 216 g/mol. The van der Waals surface area contributed by atoms with E-state index in [1.807, 2.05) is 38.1 Å². The van der Waals surface area contributed by atoms with Gasteiger partial charge < -0.3 is 10.1 Å². The van der Waals surface area contributed by atoms with E-state index < -0.39 is 0 Å². The summed E-state index contributed by atoms with van der Waals surface area (Å²) < 4.78 is 5.16. The molecule has 4 heteroatoms. The summed E-state index contributed by atoms with van der Waals surface area (Å²) in [7, 11) is 1.62. The monoisotopic (exact) mass is 234 g/mol. The summed E-state index contributed by atoms with van der Waals surface area (Å²) in [5.41, 5.74) is 0.740. The number of piperazine rings is 1.